The van der Waals surface area contributed by atoms with Crippen molar-refractivity contribution in [2.75, 3.05) is 6.61 Å². The van der Waals surface area contributed by atoms with Gasteiger partial charge in [-0.25, -0.2) is 9.18 Å². The van der Waals surface area contributed by atoms with Crippen LogP contribution in [0, 0.1) is 6.92 Å². The highest BCUT2D eigenvalue weighted by Gasteiger charge is 2.32. The Bertz CT molecular complexity index is 2080. The molecule has 0 fully saturated rings. The fourth-order valence-corrected chi connectivity index (χ4v) is 8.75. The fourth-order valence-electron chi connectivity index (χ4n) is 7.66. The molecule has 0 spiro atoms. The second-order valence-electron chi connectivity index (χ2n) is 13.4. The molecule has 2 aromatic carbocycles. The van der Waals surface area contributed by atoms with E-state index in [1.165, 1.54) is 0 Å². The molecule has 0 saturated carbocycles. The Morgan fingerprint density at radius 2 is 1.77 bits per heavy atom. The number of fused-ring (bicyclic) bond motifs is 8. The highest BCUT2D eigenvalue weighted by molar-refractivity contribution is 7.97. The lowest BCUT2D eigenvalue weighted by Gasteiger charge is -2.26. The molecule has 0 amide bonds. The second kappa shape index (κ2) is 12.6. The lowest BCUT2D eigenvalue weighted by atomic mass is 9.84. The highest BCUT2D eigenvalue weighted by atomic mass is 35.5. The van der Waals surface area contributed by atoms with Crippen molar-refractivity contribution in [1.82, 2.24) is 24.1 Å². The molecule has 1 aliphatic heterocycles. The minimum Gasteiger partial charge on any atom is -0.493 e. The highest BCUT2D eigenvalue weighted by Crippen LogP contribution is 2.43. The van der Waals surface area contributed by atoms with Gasteiger partial charge in [-0.1, -0.05) is 23.7 Å². The number of aryl methyl sites for hydroxylation is 5. The summed E-state index contributed by atoms with van der Waals surface area (Å²) in [6.07, 6.45) is 5.25. The summed E-state index contributed by atoms with van der Waals surface area (Å²) in [6, 6.07) is 9.73. The summed E-state index contributed by atoms with van der Waals surface area (Å²) in [5.74, 6) is 0.968. The molecule has 3 aromatic heterocycles. The first kappa shape index (κ1) is 32.8. The van der Waals surface area contributed by atoms with E-state index >= 15 is 4.39 Å². The standard InChI is InChI=1S/C37H41ClFN5O3S/c1-21-32-30(41-43(21)4)20-48-19-24-17-25(44(5)40-24)18-37(2,39)23-15-22-9-6-7-10-26(22)31(16-23)47-14-8-11-27-28-12-13-29(38)33(32)34(28)42(3)35(27)36(45)46/h12-13,15-17H,6-11,14,18-20H2,1-5H3,(H,45,46). The number of carbonyl (C=O) groups is 1. The summed E-state index contributed by atoms with van der Waals surface area (Å²) in [6.45, 7) is 4.04. The Hall–Kier alpha value is -3.76. The Morgan fingerprint density at radius 1 is 1.00 bits per heavy atom. The molecule has 1 aliphatic carbocycles. The molecular weight excluding hydrogens is 649 g/mol. The summed E-state index contributed by atoms with van der Waals surface area (Å²) >= 11 is 8.67. The van der Waals surface area contributed by atoms with Crippen LogP contribution in [0.4, 0.5) is 4.39 Å². The molecule has 1 atom stereocenters. The number of ether oxygens (including phenoxy) is 1. The quantitative estimate of drug-likeness (QED) is 0.192. The van der Waals surface area contributed by atoms with Crippen molar-refractivity contribution in [3.05, 3.63) is 86.1 Å². The largest absolute Gasteiger partial charge is 0.493 e. The summed E-state index contributed by atoms with van der Waals surface area (Å²) in [5, 5.41) is 21.5. The third-order valence-corrected chi connectivity index (χ3v) is 11.4. The number of alkyl halides is 1. The van der Waals surface area contributed by atoms with Gasteiger partial charge in [0.15, 0.2) is 0 Å². The number of aromatic nitrogens is 5. The van der Waals surface area contributed by atoms with E-state index in [-0.39, 0.29) is 12.1 Å². The third kappa shape index (κ3) is 5.70. The van der Waals surface area contributed by atoms with Gasteiger partial charge >= 0.3 is 5.97 Å². The van der Waals surface area contributed by atoms with Gasteiger partial charge in [-0.3, -0.25) is 9.36 Å². The molecule has 48 heavy (non-hydrogen) atoms. The summed E-state index contributed by atoms with van der Waals surface area (Å²) in [4.78, 5) is 12.8. The van der Waals surface area contributed by atoms with Gasteiger partial charge in [0, 0.05) is 67.0 Å². The zero-order valence-corrected chi connectivity index (χ0v) is 29.7. The van der Waals surface area contributed by atoms with E-state index in [1.54, 1.807) is 35.0 Å². The van der Waals surface area contributed by atoms with Crippen LogP contribution in [0.5, 0.6) is 5.75 Å². The SMILES string of the molecule is Cc1c2c(nn1C)CSCc1cc(n(C)n1)CC(C)(F)c1cc3c(c(c1)OCCCc1c(C(=O)O)n(C)c4c-2c(Cl)ccc14)CCCC3. The van der Waals surface area contributed by atoms with Gasteiger partial charge < -0.3 is 14.4 Å². The second-order valence-corrected chi connectivity index (χ2v) is 14.8. The molecule has 1 N–H and O–H groups in total. The van der Waals surface area contributed by atoms with Gasteiger partial charge in [-0.15, -0.1) is 11.8 Å². The minimum absolute atomic E-state index is 0.194. The molecule has 0 saturated heterocycles. The summed E-state index contributed by atoms with van der Waals surface area (Å²) in [5.41, 5.74) is 8.31. The van der Waals surface area contributed by atoms with Crippen molar-refractivity contribution in [2.45, 2.75) is 76.0 Å². The molecule has 8 nitrogen and oxygen atoms in total. The van der Waals surface area contributed by atoms with Gasteiger partial charge in [0.1, 0.15) is 17.1 Å². The average Bonchev–Trinajstić information content (AvgIpc) is 3.63. The van der Waals surface area contributed by atoms with E-state index in [0.717, 1.165) is 92.9 Å². The topological polar surface area (TPSA) is 87.1 Å². The van der Waals surface area contributed by atoms with Crippen LogP contribution in [0.3, 0.4) is 0 Å². The lowest BCUT2D eigenvalue weighted by molar-refractivity contribution is 0.0685. The van der Waals surface area contributed by atoms with Crippen LogP contribution in [0.1, 0.15) is 81.7 Å². The van der Waals surface area contributed by atoms with Gasteiger partial charge in [0.25, 0.3) is 0 Å². The van der Waals surface area contributed by atoms with Crippen molar-refractivity contribution in [3.8, 4) is 16.9 Å². The first-order valence-electron chi connectivity index (χ1n) is 16.6. The number of benzene rings is 2. The fraction of sp³-hybridized carbons (Fsp3) is 0.432. The van der Waals surface area contributed by atoms with Crippen molar-refractivity contribution in [3.63, 3.8) is 0 Å². The third-order valence-electron chi connectivity index (χ3n) is 10.2. The Labute approximate surface area is 289 Å². The van der Waals surface area contributed by atoms with E-state index in [1.807, 2.05) is 56.0 Å². The molecule has 0 radical (unpaired) electrons. The molecular formula is C37H41ClFN5O3S. The summed E-state index contributed by atoms with van der Waals surface area (Å²) < 4.78 is 28.6. The van der Waals surface area contributed by atoms with E-state index < -0.39 is 11.6 Å². The number of hydrogen-bond acceptors (Lipinski definition) is 5. The predicted molar refractivity (Wildman–Crippen MR) is 189 cm³/mol. The number of nitrogens with zero attached hydrogens (tertiary/aromatic N) is 5. The van der Waals surface area contributed by atoms with Crippen LogP contribution in [0.25, 0.3) is 22.0 Å². The van der Waals surface area contributed by atoms with Crippen LogP contribution in [-0.4, -0.2) is 41.8 Å². The van der Waals surface area contributed by atoms with Gasteiger partial charge in [-0.2, -0.15) is 10.2 Å². The monoisotopic (exact) mass is 689 g/mol. The van der Waals surface area contributed by atoms with Crippen LogP contribution >= 0.6 is 23.4 Å². The molecule has 7 rings (SSSR count). The summed E-state index contributed by atoms with van der Waals surface area (Å²) in [7, 11) is 5.59. The number of halogens is 2. The van der Waals surface area contributed by atoms with Crippen LogP contribution in [0.2, 0.25) is 5.02 Å². The Kier molecular flexibility index (Phi) is 8.60. The smallest absolute Gasteiger partial charge is 0.352 e. The average molecular weight is 690 g/mol. The molecule has 252 valence electrons. The van der Waals surface area contributed by atoms with E-state index in [9.17, 15) is 9.90 Å². The first-order valence-corrected chi connectivity index (χ1v) is 18.1. The van der Waals surface area contributed by atoms with Crippen molar-refractivity contribution in [2.24, 2.45) is 21.1 Å². The van der Waals surface area contributed by atoms with Crippen molar-refractivity contribution < 1.29 is 19.0 Å². The van der Waals surface area contributed by atoms with Crippen LogP contribution in [0.15, 0.2) is 30.3 Å². The number of carboxylic acid groups (broad SMARTS) is 1. The maximum absolute atomic E-state index is 16.7. The normalized spacial score (nSPS) is 18.6. The van der Waals surface area contributed by atoms with E-state index in [4.69, 9.17) is 26.5 Å². The number of aromatic carboxylic acids is 1. The Morgan fingerprint density at radius 3 is 2.56 bits per heavy atom. The molecule has 8 bridgehead atoms. The zero-order valence-electron chi connectivity index (χ0n) is 28.1. The van der Waals surface area contributed by atoms with Crippen LogP contribution < -0.4 is 4.74 Å². The van der Waals surface area contributed by atoms with E-state index in [0.29, 0.717) is 41.5 Å². The molecule has 4 heterocycles. The minimum atomic E-state index is -1.63. The first-order chi connectivity index (χ1) is 22.9. The number of thioether (sulfide) groups is 1. The Balaban J connectivity index is 1.37. The maximum Gasteiger partial charge on any atom is 0.352 e. The zero-order chi connectivity index (χ0) is 33.9. The van der Waals surface area contributed by atoms with Crippen molar-refractivity contribution in [1.29, 1.82) is 0 Å². The maximum atomic E-state index is 16.7. The van der Waals surface area contributed by atoms with Gasteiger partial charge in [0.2, 0.25) is 0 Å². The molecule has 2 aliphatic rings. The van der Waals surface area contributed by atoms with Gasteiger partial charge in [-0.05, 0) is 92.8 Å². The van der Waals surface area contributed by atoms with Crippen LogP contribution in [-0.2, 0) is 64.0 Å². The molecule has 1 unspecified atom stereocenters. The number of hydrogen-bond donors (Lipinski definition) is 1. The lowest BCUT2D eigenvalue weighted by Crippen LogP contribution is -2.22. The number of rotatable bonds is 1. The number of carboxylic acids is 1. The molecule has 11 heteroatoms. The predicted octanol–water partition coefficient (Wildman–Crippen LogP) is 8.04. The van der Waals surface area contributed by atoms with Gasteiger partial charge in [0.05, 0.1) is 28.5 Å². The van der Waals surface area contributed by atoms with E-state index in [2.05, 4.69) is 0 Å². The molecule has 5 aromatic rings. The van der Waals surface area contributed by atoms with Crippen molar-refractivity contribution >= 4 is 40.2 Å².